The summed E-state index contributed by atoms with van der Waals surface area (Å²) in [7, 11) is 0. The Kier molecular flexibility index (Phi) is 7.95. The fourth-order valence-electron chi connectivity index (χ4n) is 6.59. The number of ether oxygens (including phenoxy) is 2. The minimum Gasteiger partial charge on any atom is -0.465 e. The van der Waals surface area contributed by atoms with E-state index in [1.807, 2.05) is 45.1 Å². The predicted molar refractivity (Wildman–Crippen MR) is 135 cm³/mol. The zero-order valence-corrected chi connectivity index (χ0v) is 22.2. The number of allylic oxidation sites excluding steroid dienone is 1. The summed E-state index contributed by atoms with van der Waals surface area (Å²) in [6.07, 6.45) is 12.5. The van der Waals surface area contributed by atoms with Crippen LogP contribution < -0.4 is 0 Å². The topological polar surface area (TPSA) is 96.4 Å². The summed E-state index contributed by atoms with van der Waals surface area (Å²) in [6.45, 7) is 9.03. The van der Waals surface area contributed by atoms with Gasteiger partial charge in [-0.05, 0) is 38.5 Å². The molecule has 0 saturated carbocycles. The Labute approximate surface area is 214 Å². The molecule has 1 spiro atoms. The average Bonchev–Trinajstić information content (AvgIpc) is 3.18. The third-order valence-electron chi connectivity index (χ3n) is 8.15. The minimum absolute atomic E-state index is 0.179. The third-order valence-corrected chi connectivity index (χ3v) is 8.15. The standard InChI is InChI=1S/C28H42N2O6/c1-5-6-9-14-29-15-11-13-28-21(22-26(34)35-16-10-7-8-12-27(22,4)36-28)24(32)30(23(28)25(29)33)20(18-31)17-19(2)3/h8,11-13,19-23,31H,5-7,9-10,14-18H2,1-4H3/b12-8-/t20-,21+,22+,23?,27-,28+/m1/s1. The fourth-order valence-corrected chi connectivity index (χ4v) is 6.59. The predicted octanol–water partition coefficient (Wildman–Crippen LogP) is 2.85. The van der Waals surface area contributed by atoms with Crippen LogP contribution in [0.5, 0.6) is 0 Å². The van der Waals surface area contributed by atoms with Gasteiger partial charge in [0.05, 0.1) is 30.8 Å². The van der Waals surface area contributed by atoms with E-state index >= 15 is 0 Å². The van der Waals surface area contributed by atoms with Gasteiger partial charge < -0.3 is 24.4 Å². The number of cyclic esters (lactones) is 1. The van der Waals surface area contributed by atoms with Crippen molar-refractivity contribution in [3.8, 4) is 0 Å². The van der Waals surface area contributed by atoms with Crippen molar-refractivity contribution in [2.45, 2.75) is 89.5 Å². The second-order valence-electron chi connectivity index (χ2n) is 11.3. The highest BCUT2D eigenvalue weighted by Gasteiger charge is 2.75. The van der Waals surface area contributed by atoms with Gasteiger partial charge in [0.1, 0.15) is 17.6 Å². The van der Waals surface area contributed by atoms with E-state index in [0.717, 1.165) is 25.7 Å². The van der Waals surface area contributed by atoms with E-state index < -0.39 is 41.1 Å². The molecule has 0 aromatic heterocycles. The number of hydrogen-bond acceptors (Lipinski definition) is 6. The molecule has 4 heterocycles. The third kappa shape index (κ3) is 4.51. The number of rotatable bonds is 8. The van der Waals surface area contributed by atoms with E-state index in [1.165, 1.54) is 0 Å². The second kappa shape index (κ2) is 10.7. The molecule has 2 amide bonds. The van der Waals surface area contributed by atoms with Crippen LogP contribution in [0.1, 0.15) is 66.2 Å². The first-order valence-electron chi connectivity index (χ1n) is 13.6. The van der Waals surface area contributed by atoms with Gasteiger partial charge >= 0.3 is 5.97 Å². The number of aliphatic hydroxyl groups excluding tert-OH is 1. The normalized spacial score (nSPS) is 35.9. The first-order valence-corrected chi connectivity index (χ1v) is 13.6. The van der Waals surface area contributed by atoms with E-state index in [0.29, 0.717) is 25.9 Å². The smallest absolute Gasteiger partial charge is 0.313 e. The van der Waals surface area contributed by atoms with E-state index in [2.05, 4.69) is 6.92 Å². The molecular weight excluding hydrogens is 460 g/mol. The Hall–Kier alpha value is -2.19. The average molecular weight is 503 g/mol. The van der Waals surface area contributed by atoms with Gasteiger partial charge in [-0.15, -0.1) is 0 Å². The molecule has 0 bridgehead atoms. The van der Waals surface area contributed by atoms with Crippen LogP contribution >= 0.6 is 0 Å². The molecule has 36 heavy (non-hydrogen) atoms. The Bertz CT molecular complexity index is 916. The quantitative estimate of drug-likeness (QED) is 0.312. The van der Waals surface area contributed by atoms with Gasteiger partial charge in [-0.1, -0.05) is 57.9 Å². The largest absolute Gasteiger partial charge is 0.465 e. The molecular formula is C28H42N2O6. The number of likely N-dealkylation sites (tertiary alicyclic amines) is 1. The van der Waals surface area contributed by atoms with Crippen molar-refractivity contribution >= 4 is 17.8 Å². The maximum atomic E-state index is 14.3. The molecule has 4 aliphatic heterocycles. The molecule has 4 rings (SSSR count). The molecule has 1 unspecified atom stereocenters. The number of carbonyl (C=O) groups excluding carboxylic acids is 3. The number of hydrogen-bond donors (Lipinski definition) is 1. The molecule has 0 radical (unpaired) electrons. The number of fused-ring (bicyclic) bond motifs is 2. The Balaban J connectivity index is 1.83. The van der Waals surface area contributed by atoms with Gasteiger partial charge in [-0.2, -0.15) is 0 Å². The van der Waals surface area contributed by atoms with Crippen molar-refractivity contribution in [3.63, 3.8) is 0 Å². The summed E-state index contributed by atoms with van der Waals surface area (Å²) >= 11 is 0. The second-order valence-corrected chi connectivity index (χ2v) is 11.3. The van der Waals surface area contributed by atoms with Gasteiger partial charge in [-0.25, -0.2) is 0 Å². The van der Waals surface area contributed by atoms with Crippen LogP contribution in [0, 0.1) is 17.8 Å². The van der Waals surface area contributed by atoms with Crippen LogP contribution in [0.3, 0.4) is 0 Å². The summed E-state index contributed by atoms with van der Waals surface area (Å²) in [5.41, 5.74) is -2.39. The lowest BCUT2D eigenvalue weighted by Crippen LogP contribution is -2.59. The Morgan fingerprint density at radius 1 is 1.11 bits per heavy atom. The van der Waals surface area contributed by atoms with E-state index in [9.17, 15) is 19.5 Å². The summed E-state index contributed by atoms with van der Waals surface area (Å²) < 4.78 is 12.4. The van der Waals surface area contributed by atoms with Gasteiger partial charge in [0.2, 0.25) is 11.8 Å². The number of esters is 1. The van der Waals surface area contributed by atoms with Gasteiger partial charge in [0, 0.05) is 13.1 Å². The first-order chi connectivity index (χ1) is 17.2. The van der Waals surface area contributed by atoms with Crippen LogP contribution in [-0.2, 0) is 23.9 Å². The monoisotopic (exact) mass is 502 g/mol. The van der Waals surface area contributed by atoms with Crippen LogP contribution in [0.4, 0.5) is 0 Å². The number of unbranched alkanes of at least 4 members (excludes halogenated alkanes) is 2. The molecule has 0 aliphatic carbocycles. The number of nitrogens with zero attached hydrogens (tertiary/aromatic N) is 2. The minimum atomic E-state index is -1.31. The maximum Gasteiger partial charge on any atom is 0.313 e. The molecule has 4 aliphatic rings. The van der Waals surface area contributed by atoms with Crippen LogP contribution in [0.15, 0.2) is 24.3 Å². The number of aliphatic hydroxyl groups is 1. The zero-order valence-electron chi connectivity index (χ0n) is 22.2. The highest BCUT2D eigenvalue weighted by Crippen LogP contribution is 2.57. The van der Waals surface area contributed by atoms with Crippen molar-refractivity contribution < 1.29 is 29.0 Å². The first kappa shape index (κ1) is 26.9. The maximum absolute atomic E-state index is 14.3. The molecule has 0 aromatic carbocycles. The van der Waals surface area contributed by atoms with E-state index in [4.69, 9.17) is 9.47 Å². The molecule has 6 atom stereocenters. The lowest BCUT2D eigenvalue weighted by Gasteiger charge is -2.40. The number of amides is 2. The van der Waals surface area contributed by atoms with Gasteiger partial charge in [0.25, 0.3) is 0 Å². The Morgan fingerprint density at radius 3 is 2.58 bits per heavy atom. The van der Waals surface area contributed by atoms with Crippen molar-refractivity contribution in [2.24, 2.45) is 17.8 Å². The van der Waals surface area contributed by atoms with Crippen molar-refractivity contribution in [1.82, 2.24) is 9.80 Å². The van der Waals surface area contributed by atoms with Crippen molar-refractivity contribution in [1.29, 1.82) is 0 Å². The lowest BCUT2D eigenvalue weighted by atomic mass is 9.74. The van der Waals surface area contributed by atoms with Crippen molar-refractivity contribution in [3.05, 3.63) is 24.3 Å². The lowest BCUT2D eigenvalue weighted by molar-refractivity contribution is -0.161. The summed E-state index contributed by atoms with van der Waals surface area (Å²) in [5, 5.41) is 10.4. The molecule has 2 saturated heterocycles. The summed E-state index contributed by atoms with van der Waals surface area (Å²) in [4.78, 5) is 45.2. The summed E-state index contributed by atoms with van der Waals surface area (Å²) in [6, 6.07) is -1.49. The molecule has 200 valence electrons. The van der Waals surface area contributed by atoms with Gasteiger partial charge in [0.15, 0.2) is 0 Å². The highest BCUT2D eigenvalue weighted by molar-refractivity contribution is 5.99. The fraction of sp³-hybridized carbons (Fsp3) is 0.750. The molecule has 8 heteroatoms. The van der Waals surface area contributed by atoms with Crippen LogP contribution in [0.2, 0.25) is 0 Å². The molecule has 8 nitrogen and oxygen atoms in total. The van der Waals surface area contributed by atoms with Crippen LogP contribution in [-0.4, -0.2) is 82.3 Å². The molecule has 2 fully saturated rings. The van der Waals surface area contributed by atoms with E-state index in [-0.39, 0.29) is 30.9 Å². The molecule has 0 aromatic rings. The molecule has 1 N–H and O–H groups in total. The summed E-state index contributed by atoms with van der Waals surface area (Å²) in [5.74, 6) is -2.54. The Morgan fingerprint density at radius 2 is 1.89 bits per heavy atom. The SMILES string of the molecule is CCCCCN1CC=C[C@]23O[C@]4(C)/C=C\CCCOC(=O)[C@@H]4[C@H]2C(=O)N([C@@H](CO)CC(C)C)C3C1=O. The van der Waals surface area contributed by atoms with Crippen LogP contribution in [0.25, 0.3) is 0 Å². The van der Waals surface area contributed by atoms with Crippen molar-refractivity contribution in [2.75, 3.05) is 26.3 Å². The highest BCUT2D eigenvalue weighted by atomic mass is 16.6. The van der Waals surface area contributed by atoms with Gasteiger partial charge in [-0.3, -0.25) is 14.4 Å². The zero-order chi connectivity index (χ0) is 26.1. The van der Waals surface area contributed by atoms with E-state index in [1.54, 1.807) is 9.80 Å². The number of carbonyl (C=O) groups is 3.